The molecule has 1 heterocycles. The Morgan fingerprint density at radius 3 is 2.71 bits per heavy atom. The molecule has 5 nitrogen and oxygen atoms in total. The zero-order valence-corrected chi connectivity index (χ0v) is 12.9. The van der Waals surface area contributed by atoms with E-state index in [1.54, 1.807) is 0 Å². The minimum atomic E-state index is -2.44. The van der Waals surface area contributed by atoms with Gasteiger partial charge in [0, 0.05) is 12.5 Å². The summed E-state index contributed by atoms with van der Waals surface area (Å²) in [4.78, 5) is 4.34. The molecule has 2 atom stereocenters. The second-order valence-corrected chi connectivity index (χ2v) is 5.02. The Labute approximate surface area is 124 Å². The average molecular weight is 305 g/mol. The first-order chi connectivity index (χ1) is 10.1. The smallest absolute Gasteiger partial charge is 0.261 e. The minimum absolute atomic E-state index is 0.153. The maximum atomic E-state index is 11.9. The van der Waals surface area contributed by atoms with E-state index in [4.69, 9.17) is 9.26 Å². The van der Waals surface area contributed by atoms with Crippen LogP contribution in [0, 0.1) is 0 Å². The highest BCUT2D eigenvalue weighted by molar-refractivity contribution is 4.98. The Morgan fingerprint density at radius 1 is 1.33 bits per heavy atom. The molecule has 0 aromatic carbocycles. The van der Waals surface area contributed by atoms with Gasteiger partial charge in [0.1, 0.15) is 6.61 Å². The van der Waals surface area contributed by atoms with Crippen molar-refractivity contribution >= 4 is 0 Å². The number of ether oxygens (including phenoxy) is 1. The zero-order valence-electron chi connectivity index (χ0n) is 12.9. The van der Waals surface area contributed by atoms with E-state index in [2.05, 4.69) is 36.2 Å². The van der Waals surface area contributed by atoms with Crippen molar-refractivity contribution in [2.45, 2.75) is 58.4 Å². The molecule has 0 spiro atoms. The van der Waals surface area contributed by atoms with E-state index in [0.717, 1.165) is 19.4 Å². The predicted octanol–water partition coefficient (Wildman–Crippen LogP) is 2.78. The van der Waals surface area contributed by atoms with Crippen LogP contribution < -0.4 is 5.32 Å². The molecule has 0 aliphatic rings. The molecule has 2 unspecified atom stereocenters. The fourth-order valence-electron chi connectivity index (χ4n) is 2.11. The topological polar surface area (TPSA) is 60.2 Å². The highest BCUT2D eigenvalue weighted by Gasteiger charge is 2.23. The lowest BCUT2D eigenvalue weighted by atomic mass is 9.98. The lowest BCUT2D eigenvalue weighted by molar-refractivity contribution is 0.0182. The van der Waals surface area contributed by atoms with Crippen molar-refractivity contribution < 1.29 is 18.0 Å². The maximum Gasteiger partial charge on any atom is 0.261 e. The van der Waals surface area contributed by atoms with Crippen molar-refractivity contribution in [1.29, 1.82) is 0 Å². The molecule has 1 aromatic rings. The third-order valence-corrected chi connectivity index (χ3v) is 3.27. The second-order valence-electron chi connectivity index (χ2n) is 5.02. The van der Waals surface area contributed by atoms with Crippen molar-refractivity contribution in [2.24, 2.45) is 0 Å². The van der Waals surface area contributed by atoms with E-state index >= 15 is 0 Å². The lowest BCUT2D eigenvalue weighted by Gasteiger charge is -2.20. The molecule has 21 heavy (non-hydrogen) atoms. The van der Waals surface area contributed by atoms with Crippen molar-refractivity contribution in [3.05, 3.63) is 11.7 Å². The molecule has 0 saturated heterocycles. The molecular weight excluding hydrogens is 280 g/mol. The second kappa shape index (κ2) is 9.78. The van der Waals surface area contributed by atoms with Gasteiger partial charge in [0.25, 0.3) is 6.43 Å². The van der Waals surface area contributed by atoms with Crippen LogP contribution in [-0.4, -0.2) is 42.4 Å². The van der Waals surface area contributed by atoms with Gasteiger partial charge in [-0.2, -0.15) is 4.98 Å². The number of hydrogen-bond acceptors (Lipinski definition) is 5. The first-order valence-electron chi connectivity index (χ1n) is 7.50. The molecule has 0 bridgehead atoms. The Hall–Kier alpha value is -1.08. The average Bonchev–Trinajstić information content (AvgIpc) is 2.90. The van der Waals surface area contributed by atoms with E-state index in [0.29, 0.717) is 18.1 Å². The standard InChI is InChI=1S/C14H25F2N3O2/c1-4-7-17-10(3)11(5-2)14-18-13(19-21-14)6-8-20-9-12(15)16/h10-12,17H,4-9H2,1-3H3. The van der Waals surface area contributed by atoms with Crippen molar-refractivity contribution in [3.8, 4) is 0 Å². The van der Waals surface area contributed by atoms with Crippen LogP contribution in [0.15, 0.2) is 4.52 Å². The molecule has 7 heteroatoms. The summed E-state index contributed by atoms with van der Waals surface area (Å²) in [5.41, 5.74) is 0. The first-order valence-corrected chi connectivity index (χ1v) is 7.50. The van der Waals surface area contributed by atoms with Gasteiger partial charge in [0.05, 0.1) is 12.5 Å². The molecule has 122 valence electrons. The number of nitrogens with zero attached hydrogens (tertiary/aromatic N) is 2. The van der Waals surface area contributed by atoms with Gasteiger partial charge in [0.2, 0.25) is 5.89 Å². The van der Waals surface area contributed by atoms with Gasteiger partial charge in [-0.15, -0.1) is 0 Å². The molecule has 0 saturated carbocycles. The van der Waals surface area contributed by atoms with Crippen LogP contribution in [-0.2, 0) is 11.2 Å². The van der Waals surface area contributed by atoms with E-state index in [9.17, 15) is 8.78 Å². The molecular formula is C14H25F2N3O2. The summed E-state index contributed by atoms with van der Waals surface area (Å²) in [6, 6.07) is 0.248. The summed E-state index contributed by atoms with van der Waals surface area (Å²) in [6.07, 6.45) is -0.108. The van der Waals surface area contributed by atoms with Gasteiger partial charge >= 0.3 is 0 Å². The summed E-state index contributed by atoms with van der Waals surface area (Å²) < 4.78 is 34.0. The monoisotopic (exact) mass is 305 g/mol. The largest absolute Gasteiger partial charge is 0.375 e. The number of alkyl halides is 2. The van der Waals surface area contributed by atoms with Gasteiger partial charge in [0.15, 0.2) is 5.82 Å². The van der Waals surface area contributed by atoms with Gasteiger partial charge < -0.3 is 14.6 Å². The number of nitrogens with one attached hydrogen (secondary N) is 1. The number of rotatable bonds is 11. The molecule has 1 rings (SSSR count). The van der Waals surface area contributed by atoms with Crippen LogP contribution >= 0.6 is 0 Å². The van der Waals surface area contributed by atoms with E-state index in [-0.39, 0.29) is 18.6 Å². The van der Waals surface area contributed by atoms with Gasteiger partial charge in [-0.05, 0) is 26.3 Å². The zero-order chi connectivity index (χ0) is 15.7. The highest BCUT2D eigenvalue weighted by atomic mass is 19.3. The summed E-state index contributed by atoms with van der Waals surface area (Å²) in [5, 5.41) is 7.30. The van der Waals surface area contributed by atoms with Crippen LogP contribution in [0.25, 0.3) is 0 Å². The molecule has 0 aliphatic heterocycles. The summed E-state index contributed by atoms with van der Waals surface area (Å²) in [5.74, 6) is 1.25. The van der Waals surface area contributed by atoms with Crippen LogP contribution in [0.2, 0.25) is 0 Å². The van der Waals surface area contributed by atoms with E-state index < -0.39 is 13.0 Å². The van der Waals surface area contributed by atoms with Crippen molar-refractivity contribution in [1.82, 2.24) is 15.5 Å². The molecule has 0 fully saturated rings. The highest BCUT2D eigenvalue weighted by Crippen LogP contribution is 2.21. The quantitative estimate of drug-likeness (QED) is 0.637. The van der Waals surface area contributed by atoms with E-state index in [1.807, 2.05) is 0 Å². The predicted molar refractivity (Wildman–Crippen MR) is 75.6 cm³/mol. The SMILES string of the molecule is CCCNC(C)C(CC)c1nc(CCOCC(F)F)no1. The normalized spacial score (nSPS) is 14.6. The van der Waals surface area contributed by atoms with Crippen molar-refractivity contribution in [2.75, 3.05) is 19.8 Å². The van der Waals surface area contributed by atoms with Gasteiger partial charge in [-0.3, -0.25) is 0 Å². The fraction of sp³-hybridized carbons (Fsp3) is 0.857. The van der Waals surface area contributed by atoms with Crippen LogP contribution in [0.1, 0.15) is 51.2 Å². The number of halogens is 2. The Morgan fingerprint density at radius 2 is 2.10 bits per heavy atom. The van der Waals surface area contributed by atoms with Crippen LogP contribution in [0.3, 0.4) is 0 Å². The third-order valence-electron chi connectivity index (χ3n) is 3.27. The number of aromatic nitrogens is 2. The molecule has 0 amide bonds. The molecule has 1 aromatic heterocycles. The Kier molecular flexibility index (Phi) is 8.37. The first kappa shape index (κ1) is 18.0. The molecule has 0 aliphatic carbocycles. The van der Waals surface area contributed by atoms with Gasteiger partial charge in [-0.1, -0.05) is 19.0 Å². The number of hydrogen-bond donors (Lipinski definition) is 1. The van der Waals surface area contributed by atoms with Crippen LogP contribution in [0.4, 0.5) is 8.78 Å². The molecule has 0 radical (unpaired) electrons. The Balaban J connectivity index is 2.47. The minimum Gasteiger partial charge on any atom is -0.375 e. The maximum absolute atomic E-state index is 11.9. The summed E-state index contributed by atoms with van der Waals surface area (Å²) in [6.45, 7) is 6.85. The summed E-state index contributed by atoms with van der Waals surface area (Å²) in [7, 11) is 0. The van der Waals surface area contributed by atoms with Crippen molar-refractivity contribution in [3.63, 3.8) is 0 Å². The van der Waals surface area contributed by atoms with Crippen LogP contribution in [0.5, 0.6) is 0 Å². The van der Waals surface area contributed by atoms with E-state index in [1.165, 1.54) is 0 Å². The van der Waals surface area contributed by atoms with Gasteiger partial charge in [-0.25, -0.2) is 8.78 Å². The fourth-order valence-corrected chi connectivity index (χ4v) is 2.11. The third kappa shape index (κ3) is 6.48. The Bertz CT molecular complexity index is 388. The molecule has 1 N–H and O–H groups in total. The summed E-state index contributed by atoms with van der Waals surface area (Å²) >= 11 is 0. The lowest BCUT2D eigenvalue weighted by Crippen LogP contribution is -2.32.